The van der Waals surface area contributed by atoms with E-state index in [4.69, 9.17) is 23.1 Å². The summed E-state index contributed by atoms with van der Waals surface area (Å²) in [6.45, 7) is 5.25. The molecule has 1 aliphatic carbocycles. The first kappa shape index (κ1) is 29.9. The summed E-state index contributed by atoms with van der Waals surface area (Å²) in [4.78, 5) is 24.6. The first-order valence-corrected chi connectivity index (χ1v) is 15.0. The molecule has 1 saturated carbocycles. The minimum absolute atomic E-state index is 0.0617. The van der Waals surface area contributed by atoms with Crippen LogP contribution in [0.5, 0.6) is 0 Å². The maximum atomic E-state index is 15.1. The Morgan fingerprint density at radius 1 is 1.21 bits per heavy atom. The summed E-state index contributed by atoms with van der Waals surface area (Å²) in [5.41, 5.74) is 15.2. The number of nitrogens with zero attached hydrogens (tertiary/aromatic N) is 3. The normalized spacial score (nSPS) is 15.3. The molecule has 4 aromatic rings. The molecule has 1 unspecified atom stereocenters. The molecule has 1 fully saturated rings. The van der Waals surface area contributed by atoms with Gasteiger partial charge in [-0.2, -0.15) is 4.98 Å². The number of hydrogen-bond donors (Lipinski definition) is 4. The van der Waals surface area contributed by atoms with E-state index in [2.05, 4.69) is 20.3 Å². The van der Waals surface area contributed by atoms with Gasteiger partial charge in [-0.15, -0.1) is 0 Å². The average molecular weight is 592 g/mol. The number of benzene rings is 2. The summed E-state index contributed by atoms with van der Waals surface area (Å²) in [5, 5.41) is 4.42. The van der Waals surface area contributed by atoms with Crippen LogP contribution in [0.2, 0.25) is 5.02 Å². The van der Waals surface area contributed by atoms with E-state index in [0.29, 0.717) is 45.8 Å². The Bertz CT molecular complexity index is 1620. The van der Waals surface area contributed by atoms with Crippen molar-refractivity contribution in [3.63, 3.8) is 0 Å². The Morgan fingerprint density at radius 3 is 2.67 bits per heavy atom. The minimum Gasteiger partial charge on any atom is -0.388 e. The van der Waals surface area contributed by atoms with Crippen LogP contribution in [0.15, 0.2) is 58.4 Å². The van der Waals surface area contributed by atoms with Crippen LogP contribution in [0.25, 0.3) is 28.0 Å². The number of aromatic amines is 1. The van der Waals surface area contributed by atoms with Crippen LogP contribution in [-0.2, 0) is 13.0 Å². The Balaban J connectivity index is 1.32. The highest BCUT2D eigenvalue weighted by atomic mass is 35.5. The van der Waals surface area contributed by atoms with Crippen LogP contribution in [0, 0.1) is 11.7 Å². The van der Waals surface area contributed by atoms with Crippen molar-refractivity contribution in [1.29, 1.82) is 0 Å². The fraction of sp³-hybridized carbons (Fsp3) is 0.406. The van der Waals surface area contributed by atoms with E-state index in [1.807, 2.05) is 38.1 Å². The van der Waals surface area contributed by atoms with Gasteiger partial charge in [0.25, 0.3) is 0 Å². The van der Waals surface area contributed by atoms with Crippen LogP contribution >= 0.6 is 11.6 Å². The van der Waals surface area contributed by atoms with E-state index in [9.17, 15) is 4.79 Å². The van der Waals surface area contributed by atoms with Gasteiger partial charge in [0.2, 0.25) is 0 Å². The summed E-state index contributed by atoms with van der Waals surface area (Å²) in [7, 11) is 0. The first-order valence-electron chi connectivity index (χ1n) is 14.6. The predicted octanol–water partition coefficient (Wildman–Crippen LogP) is 5.48. The monoisotopic (exact) mass is 591 g/mol. The highest BCUT2D eigenvalue weighted by Gasteiger charge is 2.30. The number of aromatic nitrogens is 3. The topological polar surface area (TPSA) is 127 Å². The second-order valence-electron chi connectivity index (χ2n) is 11.5. The van der Waals surface area contributed by atoms with Crippen LogP contribution in [0.3, 0.4) is 0 Å². The van der Waals surface area contributed by atoms with Gasteiger partial charge in [-0.25, -0.2) is 9.18 Å². The van der Waals surface area contributed by atoms with Gasteiger partial charge in [0.05, 0.1) is 22.2 Å². The molecule has 0 aliphatic heterocycles. The van der Waals surface area contributed by atoms with Gasteiger partial charge >= 0.3 is 5.69 Å². The molecule has 0 saturated heterocycles. The molecular weight excluding hydrogens is 553 g/mol. The Morgan fingerprint density at radius 2 is 1.98 bits per heavy atom. The van der Waals surface area contributed by atoms with Gasteiger partial charge in [-0.05, 0) is 99.7 Å². The summed E-state index contributed by atoms with van der Waals surface area (Å²) >= 11 is 6.25. The molecule has 222 valence electrons. The number of aliphatic imine (C=N–C) groups is 1. The molecule has 8 nitrogen and oxygen atoms in total. The third kappa shape index (κ3) is 7.45. The maximum absolute atomic E-state index is 15.1. The van der Waals surface area contributed by atoms with Crippen LogP contribution in [-0.4, -0.2) is 39.0 Å². The second-order valence-corrected chi connectivity index (χ2v) is 11.9. The zero-order valence-corrected chi connectivity index (χ0v) is 24.9. The lowest BCUT2D eigenvalue weighted by molar-refractivity contribution is 0.439. The van der Waals surface area contributed by atoms with Crippen molar-refractivity contribution in [3.8, 4) is 16.9 Å². The summed E-state index contributed by atoms with van der Waals surface area (Å²) in [6.07, 6.45) is 7.69. The molecule has 10 heteroatoms. The molecule has 2 atom stereocenters. The highest BCUT2D eigenvalue weighted by molar-refractivity contribution is 6.31. The lowest BCUT2D eigenvalue weighted by Crippen LogP contribution is -2.31. The number of H-pyrrole nitrogens is 1. The van der Waals surface area contributed by atoms with Crippen LogP contribution < -0.4 is 22.5 Å². The van der Waals surface area contributed by atoms with Crippen molar-refractivity contribution in [3.05, 3.63) is 81.1 Å². The van der Waals surface area contributed by atoms with Crippen molar-refractivity contribution < 1.29 is 4.39 Å². The summed E-state index contributed by atoms with van der Waals surface area (Å²) in [5.74, 6) is 0.810. The molecule has 2 aromatic carbocycles. The van der Waals surface area contributed by atoms with Gasteiger partial charge in [-0.3, -0.25) is 9.56 Å². The zero-order chi connectivity index (χ0) is 29.8. The molecule has 5 rings (SSSR count). The minimum atomic E-state index is -0.510. The van der Waals surface area contributed by atoms with E-state index in [0.717, 1.165) is 49.9 Å². The average Bonchev–Trinajstić information content (AvgIpc) is 3.71. The molecule has 6 N–H and O–H groups in total. The molecule has 0 spiro atoms. The van der Waals surface area contributed by atoms with Gasteiger partial charge in [0.1, 0.15) is 5.65 Å². The molecular formula is C32H39ClFN7O. The van der Waals surface area contributed by atoms with E-state index in [1.165, 1.54) is 17.4 Å². The maximum Gasteiger partial charge on any atom is 0.354 e. The zero-order valence-electron chi connectivity index (χ0n) is 24.2. The standard InChI is InChI=1S/C32H39ClFN7O/c1-19(35)4-3-5-22-14-26(30(34)27(33)15-22)29-16-24-18-41(32(42)40-31(24)39-29)25-10-6-21(7-11-25)17-38-28(23-8-9-23)12-13-37-20(2)36/h6-7,10-11,14-16,18-19,23,28,38H,3-5,8-9,12-13,17,35H2,1-2H3,(H2,36,37)(H,39,40,42)/t19-,28?/m0/s1. The van der Waals surface area contributed by atoms with E-state index >= 15 is 4.39 Å². The third-order valence-electron chi connectivity index (χ3n) is 7.79. The summed E-state index contributed by atoms with van der Waals surface area (Å²) < 4.78 is 16.6. The van der Waals surface area contributed by atoms with Gasteiger partial charge < -0.3 is 21.8 Å². The van der Waals surface area contributed by atoms with E-state index < -0.39 is 11.5 Å². The lowest BCUT2D eigenvalue weighted by atomic mass is 10.0. The molecule has 0 radical (unpaired) electrons. The van der Waals surface area contributed by atoms with Crippen molar-refractivity contribution in [2.75, 3.05) is 6.54 Å². The number of aryl methyl sites for hydroxylation is 1. The number of fused-ring (bicyclic) bond motifs is 1. The van der Waals surface area contributed by atoms with Crippen LogP contribution in [0.4, 0.5) is 4.39 Å². The van der Waals surface area contributed by atoms with Gasteiger partial charge in [0.15, 0.2) is 5.82 Å². The van der Waals surface area contributed by atoms with Gasteiger partial charge in [-0.1, -0.05) is 23.7 Å². The van der Waals surface area contributed by atoms with Crippen LogP contribution in [0.1, 0.15) is 57.1 Å². The number of rotatable bonds is 13. The van der Waals surface area contributed by atoms with E-state index in [1.54, 1.807) is 24.4 Å². The van der Waals surface area contributed by atoms with Crippen molar-refractivity contribution in [2.24, 2.45) is 22.4 Å². The predicted molar refractivity (Wildman–Crippen MR) is 169 cm³/mol. The quantitative estimate of drug-likeness (QED) is 0.121. The fourth-order valence-corrected chi connectivity index (χ4v) is 5.59. The SMILES string of the molecule is CC(N)=NCCC(NCc1ccc(-n2cc3cc(-c4cc(CCC[C@H](C)N)cc(Cl)c4F)[nH]c3nc2=O)cc1)C1CC1. The number of halogens is 2. The number of amidine groups is 1. The molecule has 42 heavy (non-hydrogen) atoms. The highest BCUT2D eigenvalue weighted by Crippen LogP contribution is 2.34. The van der Waals surface area contributed by atoms with Crippen molar-refractivity contribution >= 4 is 28.5 Å². The molecule has 0 amide bonds. The third-order valence-corrected chi connectivity index (χ3v) is 8.06. The van der Waals surface area contributed by atoms with Crippen molar-refractivity contribution in [1.82, 2.24) is 19.9 Å². The molecule has 2 aromatic heterocycles. The first-order chi connectivity index (χ1) is 20.2. The summed E-state index contributed by atoms with van der Waals surface area (Å²) in [6, 6.07) is 13.6. The van der Waals surface area contributed by atoms with E-state index in [-0.39, 0.29) is 11.1 Å². The fourth-order valence-electron chi connectivity index (χ4n) is 5.34. The Labute approximate surface area is 250 Å². The Kier molecular flexibility index (Phi) is 9.40. The molecule has 2 heterocycles. The number of nitrogens with two attached hydrogens (primary N) is 2. The molecule has 1 aliphatic rings. The second kappa shape index (κ2) is 13.2. The lowest BCUT2D eigenvalue weighted by Gasteiger charge is -2.17. The van der Waals surface area contributed by atoms with Gasteiger partial charge in [0, 0.05) is 42.3 Å². The number of hydrogen-bond acceptors (Lipinski definition) is 5. The number of nitrogens with one attached hydrogen (secondary N) is 2. The Hall–Kier alpha value is -3.53. The molecule has 0 bridgehead atoms. The van der Waals surface area contributed by atoms with Crippen molar-refractivity contribution in [2.45, 2.75) is 71.0 Å². The largest absolute Gasteiger partial charge is 0.388 e. The smallest absolute Gasteiger partial charge is 0.354 e.